The average Bonchev–Trinajstić information content (AvgIpc) is 2.74. The minimum atomic E-state index is -0.359. The Hall–Kier alpha value is -1.21. The number of nitrogens with zero attached hydrogens (tertiary/aromatic N) is 1. The summed E-state index contributed by atoms with van der Waals surface area (Å²) in [5, 5.41) is 2.71. The Labute approximate surface area is 151 Å². The summed E-state index contributed by atoms with van der Waals surface area (Å²) in [5.74, 6) is -1.45. The highest BCUT2D eigenvalue weighted by atomic mass is 79.9. The molecule has 1 saturated carbocycles. The normalized spacial score (nSPS) is 30.3. The van der Waals surface area contributed by atoms with Crippen molar-refractivity contribution < 1.29 is 14.4 Å². The van der Waals surface area contributed by atoms with E-state index in [2.05, 4.69) is 37.2 Å². The number of hydrogen-bond acceptors (Lipinski definition) is 3. The number of rotatable bonds is 3. The van der Waals surface area contributed by atoms with E-state index in [0.717, 1.165) is 4.90 Å². The van der Waals surface area contributed by atoms with Crippen LogP contribution in [0.5, 0.6) is 0 Å². The van der Waals surface area contributed by atoms with Crippen molar-refractivity contribution in [1.82, 2.24) is 4.90 Å². The predicted molar refractivity (Wildman–Crippen MR) is 93.4 cm³/mol. The topological polar surface area (TPSA) is 66.5 Å². The van der Waals surface area contributed by atoms with Gasteiger partial charge in [0.15, 0.2) is 0 Å². The first kappa shape index (κ1) is 16.6. The summed E-state index contributed by atoms with van der Waals surface area (Å²) < 4.78 is 0. The highest BCUT2D eigenvalue weighted by molar-refractivity contribution is 9.12. The van der Waals surface area contributed by atoms with Gasteiger partial charge in [-0.3, -0.25) is 19.3 Å². The Morgan fingerprint density at radius 2 is 1.57 bits per heavy atom. The standard InChI is InChI=1S/C16H16Br2N2O3/c17-12-6-10-11(7-13(12)18)16(23)20(15(10)22)8-14(21)19-9-4-2-1-3-5-9/h1-5,10-13H,6-8H2,(H,19,21)/t10-,11-,12+,13+/m1/s1. The van der Waals surface area contributed by atoms with Crippen LogP contribution in [0, 0.1) is 11.8 Å². The third-order valence-corrected chi connectivity index (χ3v) is 7.10. The van der Waals surface area contributed by atoms with Gasteiger partial charge in [-0.15, -0.1) is 0 Å². The van der Waals surface area contributed by atoms with Crippen LogP contribution >= 0.6 is 31.9 Å². The zero-order valence-electron chi connectivity index (χ0n) is 12.2. The molecule has 1 aromatic rings. The minimum Gasteiger partial charge on any atom is -0.325 e. The van der Waals surface area contributed by atoms with Crippen LogP contribution in [-0.4, -0.2) is 38.8 Å². The SMILES string of the molecule is O=C(CN1C(=O)[C@@H]2C[C@H](Br)[C@@H](Br)C[C@H]2C1=O)Nc1ccccc1. The van der Waals surface area contributed by atoms with Gasteiger partial charge in [-0.1, -0.05) is 50.1 Å². The molecule has 23 heavy (non-hydrogen) atoms. The van der Waals surface area contributed by atoms with Gasteiger partial charge in [0, 0.05) is 15.3 Å². The number of imide groups is 1. The van der Waals surface area contributed by atoms with Crippen LogP contribution in [-0.2, 0) is 14.4 Å². The fraction of sp³-hybridized carbons (Fsp3) is 0.438. The molecule has 1 saturated heterocycles. The van der Waals surface area contributed by atoms with Gasteiger partial charge in [0.1, 0.15) is 6.54 Å². The monoisotopic (exact) mass is 442 g/mol. The van der Waals surface area contributed by atoms with Gasteiger partial charge in [0.2, 0.25) is 17.7 Å². The molecule has 0 spiro atoms. The maximum atomic E-state index is 12.5. The molecule has 0 aromatic heterocycles. The van der Waals surface area contributed by atoms with E-state index in [9.17, 15) is 14.4 Å². The Kier molecular flexibility index (Phi) is 4.87. The molecule has 122 valence electrons. The number of nitrogens with one attached hydrogen (secondary N) is 1. The van der Waals surface area contributed by atoms with Gasteiger partial charge in [-0.25, -0.2) is 0 Å². The Morgan fingerprint density at radius 3 is 2.09 bits per heavy atom. The lowest BCUT2D eigenvalue weighted by Gasteiger charge is -2.29. The number of hydrogen-bond donors (Lipinski definition) is 1. The maximum absolute atomic E-state index is 12.5. The molecule has 2 fully saturated rings. The van der Waals surface area contributed by atoms with Crippen LogP contribution < -0.4 is 5.32 Å². The van der Waals surface area contributed by atoms with Gasteiger partial charge in [0.05, 0.1) is 11.8 Å². The molecule has 3 rings (SSSR count). The zero-order valence-corrected chi connectivity index (χ0v) is 15.4. The van der Waals surface area contributed by atoms with Gasteiger partial charge in [-0.05, 0) is 25.0 Å². The molecule has 1 aromatic carbocycles. The number of para-hydroxylation sites is 1. The first-order valence-corrected chi connectivity index (χ1v) is 9.28. The van der Waals surface area contributed by atoms with Crippen LogP contribution in [0.2, 0.25) is 0 Å². The first-order chi connectivity index (χ1) is 11.0. The van der Waals surface area contributed by atoms with Crippen LogP contribution in [0.15, 0.2) is 30.3 Å². The molecular formula is C16H16Br2N2O3. The van der Waals surface area contributed by atoms with E-state index in [0.29, 0.717) is 18.5 Å². The summed E-state index contributed by atoms with van der Waals surface area (Å²) >= 11 is 7.09. The Balaban J connectivity index is 1.67. The molecule has 0 unspecified atom stereocenters. The Morgan fingerprint density at radius 1 is 1.04 bits per heavy atom. The molecule has 1 N–H and O–H groups in total. The van der Waals surface area contributed by atoms with Crippen LogP contribution in [0.1, 0.15) is 12.8 Å². The lowest BCUT2D eigenvalue weighted by atomic mass is 9.81. The van der Waals surface area contributed by atoms with Gasteiger partial charge < -0.3 is 5.32 Å². The van der Waals surface area contributed by atoms with E-state index in [-0.39, 0.29) is 45.8 Å². The second kappa shape index (κ2) is 6.73. The Bertz CT molecular complexity index is 609. The summed E-state index contributed by atoms with van der Waals surface area (Å²) in [6, 6.07) is 8.98. The number of anilines is 1. The molecule has 1 heterocycles. The van der Waals surface area contributed by atoms with Gasteiger partial charge in [0.25, 0.3) is 0 Å². The third kappa shape index (κ3) is 3.35. The highest BCUT2D eigenvalue weighted by Gasteiger charge is 2.52. The van der Waals surface area contributed by atoms with Crippen molar-refractivity contribution in [2.75, 3.05) is 11.9 Å². The smallest absolute Gasteiger partial charge is 0.244 e. The van der Waals surface area contributed by atoms with Crippen molar-refractivity contribution >= 4 is 55.3 Å². The lowest BCUT2D eigenvalue weighted by Crippen LogP contribution is -2.38. The molecule has 4 atom stereocenters. The second-order valence-electron chi connectivity index (χ2n) is 5.89. The van der Waals surface area contributed by atoms with Crippen molar-refractivity contribution in [3.8, 4) is 0 Å². The van der Waals surface area contributed by atoms with E-state index < -0.39 is 0 Å². The van der Waals surface area contributed by atoms with Crippen molar-refractivity contribution in [3.05, 3.63) is 30.3 Å². The molecular weight excluding hydrogens is 428 g/mol. The van der Waals surface area contributed by atoms with Crippen molar-refractivity contribution in [3.63, 3.8) is 0 Å². The molecule has 7 heteroatoms. The largest absolute Gasteiger partial charge is 0.325 e. The molecule has 1 aliphatic carbocycles. The molecule has 1 aliphatic heterocycles. The number of benzene rings is 1. The number of likely N-dealkylation sites (tertiary alicyclic amines) is 1. The molecule has 3 amide bonds. The maximum Gasteiger partial charge on any atom is 0.244 e. The second-order valence-corrected chi connectivity index (χ2v) is 8.25. The summed E-state index contributed by atoms with van der Waals surface area (Å²) in [4.78, 5) is 38.5. The molecule has 0 radical (unpaired) electrons. The number of carbonyl (C=O) groups is 3. The fourth-order valence-corrected chi connectivity index (χ4v) is 4.42. The fourth-order valence-electron chi connectivity index (χ4n) is 3.19. The van der Waals surface area contributed by atoms with Crippen LogP contribution in [0.3, 0.4) is 0 Å². The van der Waals surface area contributed by atoms with Gasteiger partial charge >= 0.3 is 0 Å². The van der Waals surface area contributed by atoms with Crippen molar-refractivity contribution in [1.29, 1.82) is 0 Å². The van der Waals surface area contributed by atoms with E-state index >= 15 is 0 Å². The number of halogens is 2. The lowest BCUT2D eigenvalue weighted by molar-refractivity contribution is -0.142. The zero-order chi connectivity index (χ0) is 16.6. The summed E-state index contributed by atoms with van der Waals surface area (Å²) in [6.07, 6.45) is 1.23. The van der Waals surface area contributed by atoms with E-state index in [1.807, 2.05) is 18.2 Å². The summed E-state index contributed by atoms with van der Waals surface area (Å²) in [6.45, 7) is -0.223. The number of carbonyl (C=O) groups excluding carboxylic acids is 3. The third-order valence-electron chi connectivity index (χ3n) is 4.36. The summed E-state index contributed by atoms with van der Waals surface area (Å²) in [5.41, 5.74) is 0.648. The quantitative estimate of drug-likeness (QED) is 0.576. The molecule has 5 nitrogen and oxygen atoms in total. The number of amides is 3. The van der Waals surface area contributed by atoms with Crippen LogP contribution in [0.25, 0.3) is 0 Å². The van der Waals surface area contributed by atoms with Crippen molar-refractivity contribution in [2.45, 2.75) is 22.5 Å². The van der Waals surface area contributed by atoms with E-state index in [4.69, 9.17) is 0 Å². The average molecular weight is 444 g/mol. The number of alkyl halides is 2. The summed E-state index contributed by atoms with van der Waals surface area (Å²) in [7, 11) is 0. The van der Waals surface area contributed by atoms with E-state index in [1.165, 1.54) is 0 Å². The molecule has 0 bridgehead atoms. The minimum absolute atomic E-state index is 0.165. The van der Waals surface area contributed by atoms with Gasteiger partial charge in [-0.2, -0.15) is 0 Å². The van der Waals surface area contributed by atoms with Crippen LogP contribution in [0.4, 0.5) is 5.69 Å². The number of fused-ring (bicyclic) bond motifs is 1. The highest BCUT2D eigenvalue weighted by Crippen LogP contribution is 2.43. The molecule has 2 aliphatic rings. The first-order valence-electron chi connectivity index (χ1n) is 7.45. The van der Waals surface area contributed by atoms with E-state index in [1.54, 1.807) is 12.1 Å². The predicted octanol–water partition coefficient (Wildman–Crippen LogP) is 2.55. The van der Waals surface area contributed by atoms with Crippen molar-refractivity contribution in [2.24, 2.45) is 11.8 Å².